The molecule has 0 aliphatic carbocycles. The van der Waals surface area contributed by atoms with Crippen molar-refractivity contribution in [3.63, 3.8) is 0 Å². The Morgan fingerprint density at radius 1 is 0.974 bits per heavy atom. The van der Waals surface area contributed by atoms with Crippen molar-refractivity contribution >= 4 is 16.6 Å². The van der Waals surface area contributed by atoms with Crippen LogP contribution in [0.2, 0.25) is 0 Å². The van der Waals surface area contributed by atoms with Crippen LogP contribution in [0.15, 0.2) is 47.3 Å². The third kappa shape index (κ3) is 5.15. The summed E-state index contributed by atoms with van der Waals surface area (Å²) in [5, 5.41) is 13.5. The van der Waals surface area contributed by atoms with Gasteiger partial charge in [0.15, 0.2) is 5.82 Å². The Balaban J connectivity index is 1.53. The fourth-order valence-electron chi connectivity index (χ4n) is 5.20. The summed E-state index contributed by atoms with van der Waals surface area (Å²) < 4.78 is 41.6. The molecule has 0 amide bonds. The molecule has 4 aromatic rings. The molecule has 1 saturated heterocycles. The van der Waals surface area contributed by atoms with Crippen molar-refractivity contribution in [1.82, 2.24) is 30.1 Å². The van der Waals surface area contributed by atoms with Crippen LogP contribution in [-0.4, -0.2) is 56.3 Å². The number of benzene rings is 2. The normalized spacial score (nSPS) is 16.2. The number of nitrogens with zero attached hydrogens (tertiary/aromatic N) is 6. The maximum Gasteiger partial charge on any atom is 0.416 e. The average Bonchev–Trinajstić information content (AvgIpc) is 3.38. The van der Waals surface area contributed by atoms with E-state index >= 15 is 0 Å². The molecule has 0 saturated carbocycles. The number of aryl methyl sites for hydroxylation is 2. The second-order valence-electron chi connectivity index (χ2n) is 11.1. The van der Waals surface area contributed by atoms with Gasteiger partial charge in [-0.3, -0.25) is 9.69 Å². The van der Waals surface area contributed by atoms with Crippen LogP contribution >= 0.6 is 0 Å². The lowest BCUT2D eigenvalue weighted by Gasteiger charge is -2.40. The average molecular weight is 540 g/mol. The van der Waals surface area contributed by atoms with Crippen LogP contribution in [0.1, 0.15) is 54.9 Å². The van der Waals surface area contributed by atoms with E-state index < -0.39 is 23.3 Å². The van der Waals surface area contributed by atoms with Crippen LogP contribution in [0.3, 0.4) is 0 Å². The van der Waals surface area contributed by atoms with E-state index in [4.69, 9.17) is 0 Å². The number of tetrazole rings is 1. The minimum Gasteiger partial charge on any atom is -0.369 e. The van der Waals surface area contributed by atoms with Crippen molar-refractivity contribution in [2.75, 3.05) is 31.1 Å². The highest BCUT2D eigenvalue weighted by Gasteiger charge is 2.36. The molecule has 1 aliphatic heterocycles. The second kappa shape index (κ2) is 9.78. The molecular weight excluding hydrogens is 507 g/mol. The van der Waals surface area contributed by atoms with E-state index in [1.165, 1.54) is 12.1 Å². The molecule has 1 atom stereocenters. The molecule has 1 fully saturated rings. The molecule has 1 aliphatic rings. The predicted octanol–water partition coefficient (Wildman–Crippen LogP) is 4.82. The molecule has 0 radical (unpaired) electrons. The first-order valence-electron chi connectivity index (χ1n) is 12.9. The minimum atomic E-state index is -4.40. The number of halogens is 3. The maximum atomic E-state index is 13.6. The molecule has 0 unspecified atom stereocenters. The lowest BCUT2D eigenvalue weighted by molar-refractivity contribution is -0.137. The summed E-state index contributed by atoms with van der Waals surface area (Å²) in [7, 11) is 0. The van der Waals surface area contributed by atoms with Gasteiger partial charge in [0.2, 0.25) is 0 Å². The molecular formula is C28H32F3N7O. The van der Waals surface area contributed by atoms with E-state index in [0.29, 0.717) is 43.3 Å². The van der Waals surface area contributed by atoms with E-state index in [0.717, 1.165) is 28.1 Å². The number of H-pyrrole nitrogens is 1. The van der Waals surface area contributed by atoms with Crippen molar-refractivity contribution in [2.24, 2.45) is 0 Å². The van der Waals surface area contributed by atoms with Crippen molar-refractivity contribution in [3.05, 3.63) is 80.9 Å². The summed E-state index contributed by atoms with van der Waals surface area (Å²) in [6.45, 7) is 11.9. The summed E-state index contributed by atoms with van der Waals surface area (Å²) in [4.78, 5) is 20.7. The zero-order valence-electron chi connectivity index (χ0n) is 22.7. The minimum absolute atomic E-state index is 0.218. The lowest BCUT2D eigenvalue weighted by Crippen LogP contribution is -2.49. The van der Waals surface area contributed by atoms with E-state index in [9.17, 15) is 18.0 Å². The highest BCUT2D eigenvalue weighted by atomic mass is 19.4. The number of rotatable bonds is 4. The third-order valence-electron chi connectivity index (χ3n) is 7.47. The highest BCUT2D eigenvalue weighted by molar-refractivity contribution is 5.83. The molecule has 1 N–H and O–H groups in total. The maximum absolute atomic E-state index is 13.6. The number of alkyl halides is 3. The number of hydrogen-bond acceptors (Lipinski definition) is 6. The van der Waals surface area contributed by atoms with Gasteiger partial charge in [0.25, 0.3) is 5.56 Å². The van der Waals surface area contributed by atoms with Crippen LogP contribution in [-0.2, 0) is 11.7 Å². The van der Waals surface area contributed by atoms with Gasteiger partial charge in [-0.1, -0.05) is 18.2 Å². The van der Waals surface area contributed by atoms with Crippen molar-refractivity contribution < 1.29 is 13.2 Å². The van der Waals surface area contributed by atoms with Crippen LogP contribution < -0.4 is 10.5 Å². The number of pyridine rings is 1. The molecule has 206 valence electrons. The topological polar surface area (TPSA) is 82.9 Å². The standard InChI is InChI=1S/C28H32F3N7O/c1-17-9-10-19-15-22(26(39)32-23(19)18(17)2)24(25-33-34-35-38(25)27(3,4)5)37-13-11-36(12-14-37)21-8-6-7-20(16-21)28(29,30)31/h6-10,15-16,24H,11-14H2,1-5H3,(H,32,39)/t24-/m1/s1. The van der Waals surface area contributed by atoms with Gasteiger partial charge in [-0.2, -0.15) is 13.2 Å². The molecule has 0 spiro atoms. The second-order valence-corrected chi connectivity index (χ2v) is 11.1. The number of aromatic amines is 1. The van der Waals surface area contributed by atoms with Gasteiger partial charge in [-0.25, -0.2) is 4.68 Å². The lowest BCUT2D eigenvalue weighted by atomic mass is 9.99. The van der Waals surface area contributed by atoms with Crippen molar-refractivity contribution in [3.8, 4) is 0 Å². The predicted molar refractivity (Wildman–Crippen MR) is 144 cm³/mol. The molecule has 2 aromatic heterocycles. The van der Waals surface area contributed by atoms with Crippen molar-refractivity contribution in [1.29, 1.82) is 0 Å². The Labute approximate surface area is 224 Å². The third-order valence-corrected chi connectivity index (χ3v) is 7.47. The number of hydrogen-bond donors (Lipinski definition) is 1. The van der Waals surface area contributed by atoms with Crippen LogP contribution in [0.5, 0.6) is 0 Å². The Morgan fingerprint density at radius 2 is 1.69 bits per heavy atom. The zero-order valence-corrected chi connectivity index (χ0v) is 22.7. The molecule has 39 heavy (non-hydrogen) atoms. The summed E-state index contributed by atoms with van der Waals surface area (Å²) in [6, 6.07) is 10.8. The van der Waals surface area contributed by atoms with Gasteiger partial charge in [-0.15, -0.1) is 5.10 Å². The Bertz CT molecular complexity index is 1560. The Hall–Kier alpha value is -3.73. The molecule has 8 nitrogen and oxygen atoms in total. The quantitative estimate of drug-likeness (QED) is 0.401. The highest BCUT2D eigenvalue weighted by Crippen LogP contribution is 2.34. The van der Waals surface area contributed by atoms with Gasteiger partial charge in [-0.05, 0) is 85.8 Å². The van der Waals surface area contributed by atoms with Crippen molar-refractivity contribution in [2.45, 2.75) is 52.4 Å². The molecule has 3 heterocycles. The largest absolute Gasteiger partial charge is 0.416 e. The summed E-state index contributed by atoms with van der Waals surface area (Å²) in [5.41, 5.74) is 2.63. The van der Waals surface area contributed by atoms with E-state index in [-0.39, 0.29) is 5.56 Å². The number of anilines is 1. The van der Waals surface area contributed by atoms with Gasteiger partial charge >= 0.3 is 6.18 Å². The van der Waals surface area contributed by atoms with Crippen LogP contribution in [0.25, 0.3) is 10.9 Å². The first-order valence-corrected chi connectivity index (χ1v) is 12.9. The molecule has 0 bridgehead atoms. The van der Waals surface area contributed by atoms with Gasteiger partial charge in [0.1, 0.15) is 6.04 Å². The van der Waals surface area contributed by atoms with E-state index in [1.54, 1.807) is 10.7 Å². The fraction of sp³-hybridized carbons (Fsp3) is 0.429. The zero-order chi connectivity index (χ0) is 28.1. The monoisotopic (exact) mass is 539 g/mol. The van der Waals surface area contributed by atoms with E-state index in [2.05, 4.69) is 25.4 Å². The molecule has 5 rings (SSSR count). The molecule has 2 aromatic carbocycles. The first kappa shape index (κ1) is 26.9. The number of nitrogens with one attached hydrogen (secondary N) is 1. The Kier molecular flexibility index (Phi) is 6.74. The van der Waals surface area contributed by atoms with E-state index in [1.807, 2.05) is 57.7 Å². The number of fused-ring (bicyclic) bond motifs is 1. The first-order chi connectivity index (χ1) is 18.3. The smallest absolute Gasteiger partial charge is 0.369 e. The molecule has 11 heteroatoms. The van der Waals surface area contributed by atoms with Gasteiger partial charge in [0, 0.05) is 37.4 Å². The summed E-state index contributed by atoms with van der Waals surface area (Å²) >= 11 is 0. The van der Waals surface area contributed by atoms with Crippen LogP contribution in [0, 0.1) is 13.8 Å². The number of piperazine rings is 1. The number of aromatic nitrogens is 5. The van der Waals surface area contributed by atoms with Gasteiger partial charge < -0.3 is 9.88 Å². The summed E-state index contributed by atoms with van der Waals surface area (Å²) in [6.07, 6.45) is -4.40. The Morgan fingerprint density at radius 3 is 2.36 bits per heavy atom. The summed E-state index contributed by atoms with van der Waals surface area (Å²) in [5.74, 6) is 0.545. The fourth-order valence-corrected chi connectivity index (χ4v) is 5.20. The SMILES string of the molecule is Cc1ccc2cc([C@H](c3nnnn3C(C)(C)C)N3CCN(c4cccc(C(F)(F)F)c4)CC3)c(=O)[nH]c2c1C. The van der Waals surface area contributed by atoms with Gasteiger partial charge in [0.05, 0.1) is 16.6 Å². The van der Waals surface area contributed by atoms with Crippen LogP contribution in [0.4, 0.5) is 18.9 Å².